The van der Waals surface area contributed by atoms with Crippen LogP contribution in [0, 0.1) is 11.8 Å². The molecule has 2 rings (SSSR count). The predicted molar refractivity (Wildman–Crippen MR) is 66.5 cm³/mol. The number of amides is 1. The van der Waals surface area contributed by atoms with Crippen LogP contribution >= 0.6 is 0 Å². The zero-order valence-corrected chi connectivity index (χ0v) is 10.9. The lowest BCUT2D eigenvalue weighted by atomic mass is 10.0. The average molecular weight is 240 g/mol. The quantitative estimate of drug-likeness (QED) is 0.780. The summed E-state index contributed by atoms with van der Waals surface area (Å²) in [5.74, 6) is 0.687. The fourth-order valence-corrected chi connectivity index (χ4v) is 2.30. The molecule has 1 heterocycles. The van der Waals surface area contributed by atoms with Gasteiger partial charge in [-0.25, -0.2) is 0 Å². The van der Waals surface area contributed by atoms with Gasteiger partial charge in [0, 0.05) is 31.2 Å². The second-order valence-corrected chi connectivity index (χ2v) is 5.60. The number of rotatable bonds is 5. The van der Waals surface area contributed by atoms with Crippen molar-refractivity contribution in [2.75, 3.05) is 19.8 Å². The Balaban J connectivity index is 1.93. The molecular weight excluding hydrogens is 216 g/mol. The van der Waals surface area contributed by atoms with Crippen LogP contribution in [0.15, 0.2) is 0 Å². The summed E-state index contributed by atoms with van der Waals surface area (Å²) >= 11 is 0. The van der Waals surface area contributed by atoms with Gasteiger partial charge in [-0.3, -0.25) is 4.79 Å². The van der Waals surface area contributed by atoms with Crippen molar-refractivity contribution in [3.05, 3.63) is 0 Å². The van der Waals surface area contributed by atoms with Crippen molar-refractivity contribution in [2.24, 2.45) is 17.6 Å². The maximum Gasteiger partial charge on any atom is 0.227 e. The third-order valence-corrected chi connectivity index (χ3v) is 3.93. The van der Waals surface area contributed by atoms with Crippen LogP contribution in [-0.2, 0) is 9.53 Å². The third-order valence-electron chi connectivity index (χ3n) is 3.93. The first kappa shape index (κ1) is 12.8. The van der Waals surface area contributed by atoms with E-state index in [1.54, 1.807) is 0 Å². The average Bonchev–Trinajstić information content (AvgIpc) is 3.01. The summed E-state index contributed by atoms with van der Waals surface area (Å²) in [6.07, 6.45) is 3.40. The Kier molecular flexibility index (Phi) is 4.05. The highest BCUT2D eigenvalue weighted by Crippen LogP contribution is 2.30. The minimum absolute atomic E-state index is 0.0661. The molecule has 1 aliphatic carbocycles. The van der Waals surface area contributed by atoms with Gasteiger partial charge in [0.05, 0.1) is 12.5 Å². The molecule has 0 spiro atoms. The molecule has 4 heteroatoms. The van der Waals surface area contributed by atoms with Gasteiger partial charge in [0.25, 0.3) is 0 Å². The summed E-state index contributed by atoms with van der Waals surface area (Å²) in [7, 11) is 0. The van der Waals surface area contributed by atoms with Gasteiger partial charge >= 0.3 is 0 Å². The van der Waals surface area contributed by atoms with E-state index in [0.29, 0.717) is 12.0 Å². The van der Waals surface area contributed by atoms with Gasteiger partial charge in [-0.05, 0) is 26.2 Å². The summed E-state index contributed by atoms with van der Waals surface area (Å²) in [5, 5.41) is 0. The van der Waals surface area contributed by atoms with Gasteiger partial charge < -0.3 is 15.4 Å². The zero-order valence-electron chi connectivity index (χ0n) is 10.9. The molecule has 98 valence electrons. The van der Waals surface area contributed by atoms with E-state index in [1.165, 1.54) is 0 Å². The molecule has 1 saturated heterocycles. The fraction of sp³-hybridized carbons (Fsp3) is 0.923. The first-order valence-corrected chi connectivity index (χ1v) is 6.73. The molecule has 4 nitrogen and oxygen atoms in total. The predicted octanol–water partition coefficient (Wildman–Crippen LogP) is 0.997. The number of ether oxygens (including phenoxy) is 1. The van der Waals surface area contributed by atoms with Crippen molar-refractivity contribution >= 4 is 5.91 Å². The van der Waals surface area contributed by atoms with Crippen LogP contribution in [0.4, 0.5) is 0 Å². The second kappa shape index (κ2) is 5.36. The number of hydrogen-bond acceptors (Lipinski definition) is 3. The van der Waals surface area contributed by atoms with Crippen molar-refractivity contribution in [1.29, 1.82) is 0 Å². The molecule has 2 aliphatic rings. The number of nitrogens with zero attached hydrogens (tertiary/aromatic N) is 1. The van der Waals surface area contributed by atoms with Crippen LogP contribution in [0.2, 0.25) is 0 Å². The highest BCUT2D eigenvalue weighted by atomic mass is 16.5. The molecule has 1 saturated carbocycles. The first-order chi connectivity index (χ1) is 8.09. The summed E-state index contributed by atoms with van der Waals surface area (Å²) in [5.41, 5.74) is 5.83. The van der Waals surface area contributed by atoms with Gasteiger partial charge in [-0.15, -0.1) is 0 Å². The molecular formula is C13H24N2O2. The van der Waals surface area contributed by atoms with E-state index in [-0.39, 0.29) is 17.9 Å². The van der Waals surface area contributed by atoms with Gasteiger partial charge in [0.1, 0.15) is 0 Å². The van der Waals surface area contributed by atoms with E-state index in [1.807, 2.05) is 13.8 Å². The van der Waals surface area contributed by atoms with Crippen molar-refractivity contribution in [3.8, 4) is 0 Å². The fourth-order valence-electron chi connectivity index (χ4n) is 2.30. The Morgan fingerprint density at radius 2 is 2.12 bits per heavy atom. The van der Waals surface area contributed by atoms with Gasteiger partial charge in [-0.1, -0.05) is 6.92 Å². The number of nitrogens with two attached hydrogens (primary N) is 1. The molecule has 0 aromatic heterocycles. The standard InChI is InChI=1S/C13H24N2O2/c1-9(10(2)14)13(16)15(12-3-4-12)7-11-5-6-17-8-11/h9-12H,3-8,14H2,1-2H3. The van der Waals surface area contributed by atoms with Crippen molar-refractivity contribution in [1.82, 2.24) is 4.90 Å². The molecule has 0 aromatic carbocycles. The van der Waals surface area contributed by atoms with E-state index in [2.05, 4.69) is 4.90 Å². The largest absolute Gasteiger partial charge is 0.381 e. The van der Waals surface area contributed by atoms with E-state index in [9.17, 15) is 4.79 Å². The monoisotopic (exact) mass is 240 g/mol. The molecule has 0 bridgehead atoms. The molecule has 2 fully saturated rings. The molecule has 1 aliphatic heterocycles. The van der Waals surface area contributed by atoms with Crippen LogP contribution in [0.3, 0.4) is 0 Å². The lowest BCUT2D eigenvalue weighted by molar-refractivity contribution is -0.136. The van der Waals surface area contributed by atoms with Gasteiger partial charge in [-0.2, -0.15) is 0 Å². The van der Waals surface area contributed by atoms with Gasteiger partial charge in [0.15, 0.2) is 0 Å². The van der Waals surface area contributed by atoms with Crippen molar-refractivity contribution < 1.29 is 9.53 Å². The van der Waals surface area contributed by atoms with Gasteiger partial charge in [0.2, 0.25) is 5.91 Å². The lowest BCUT2D eigenvalue weighted by Gasteiger charge is -2.29. The number of carbonyl (C=O) groups excluding carboxylic acids is 1. The number of hydrogen-bond donors (Lipinski definition) is 1. The molecule has 17 heavy (non-hydrogen) atoms. The molecule has 0 aromatic rings. The third kappa shape index (κ3) is 3.19. The van der Waals surface area contributed by atoms with Crippen LogP contribution in [0.1, 0.15) is 33.1 Å². The summed E-state index contributed by atoms with van der Waals surface area (Å²) in [6, 6.07) is 0.410. The van der Waals surface area contributed by atoms with Crippen LogP contribution in [0.5, 0.6) is 0 Å². The Hall–Kier alpha value is -0.610. The maximum absolute atomic E-state index is 12.4. The Morgan fingerprint density at radius 1 is 1.41 bits per heavy atom. The first-order valence-electron chi connectivity index (χ1n) is 6.73. The molecule has 0 radical (unpaired) electrons. The molecule has 1 amide bonds. The summed E-state index contributed by atoms with van der Waals surface area (Å²) < 4.78 is 5.38. The maximum atomic E-state index is 12.4. The minimum atomic E-state index is -0.0714. The van der Waals surface area contributed by atoms with Crippen molar-refractivity contribution in [2.45, 2.75) is 45.2 Å². The Bertz CT molecular complexity index is 271. The summed E-state index contributed by atoms with van der Waals surface area (Å²) in [4.78, 5) is 14.4. The van der Waals surface area contributed by atoms with E-state index < -0.39 is 0 Å². The van der Waals surface area contributed by atoms with E-state index >= 15 is 0 Å². The van der Waals surface area contributed by atoms with Crippen LogP contribution in [0.25, 0.3) is 0 Å². The summed E-state index contributed by atoms with van der Waals surface area (Å²) in [6.45, 7) is 6.36. The molecule has 3 unspecified atom stereocenters. The molecule has 2 N–H and O–H groups in total. The highest BCUT2D eigenvalue weighted by Gasteiger charge is 2.37. The highest BCUT2D eigenvalue weighted by molar-refractivity contribution is 5.79. The zero-order chi connectivity index (χ0) is 12.4. The second-order valence-electron chi connectivity index (χ2n) is 5.60. The van der Waals surface area contributed by atoms with Crippen LogP contribution < -0.4 is 5.73 Å². The normalized spacial score (nSPS) is 27.8. The Labute approximate surface area is 103 Å². The Morgan fingerprint density at radius 3 is 2.59 bits per heavy atom. The SMILES string of the molecule is CC(N)C(C)C(=O)N(CC1CCOC1)C1CC1. The van der Waals surface area contributed by atoms with E-state index in [4.69, 9.17) is 10.5 Å². The minimum Gasteiger partial charge on any atom is -0.381 e. The smallest absolute Gasteiger partial charge is 0.227 e. The topological polar surface area (TPSA) is 55.6 Å². The number of carbonyl (C=O) groups is 1. The van der Waals surface area contributed by atoms with Crippen LogP contribution in [-0.4, -0.2) is 42.6 Å². The molecule has 3 atom stereocenters. The lowest BCUT2D eigenvalue weighted by Crippen LogP contribution is -2.45. The van der Waals surface area contributed by atoms with E-state index in [0.717, 1.165) is 39.0 Å². The van der Waals surface area contributed by atoms with Crippen molar-refractivity contribution in [3.63, 3.8) is 0 Å².